The van der Waals surface area contributed by atoms with Gasteiger partial charge in [-0.25, -0.2) is 4.79 Å². The van der Waals surface area contributed by atoms with E-state index >= 15 is 0 Å². The summed E-state index contributed by atoms with van der Waals surface area (Å²) in [6.45, 7) is 0.434. The number of unbranched alkanes of at least 4 members (excludes halogenated alkanes) is 1. The Bertz CT molecular complexity index is 1180. The van der Waals surface area contributed by atoms with Gasteiger partial charge in [0.1, 0.15) is 23.9 Å². The summed E-state index contributed by atoms with van der Waals surface area (Å²) in [4.78, 5) is 62.8. The van der Waals surface area contributed by atoms with Crippen molar-refractivity contribution >= 4 is 29.6 Å². The maximum absolute atomic E-state index is 13.3. The highest BCUT2D eigenvalue weighted by Gasteiger charge is 2.31. The van der Waals surface area contributed by atoms with E-state index in [1.165, 1.54) is 24.3 Å². The molecule has 13 heteroatoms. The number of phenolic OH excluding ortho intramolecular Hbond substituents is 1. The highest BCUT2D eigenvalue weighted by atomic mass is 16.4. The summed E-state index contributed by atoms with van der Waals surface area (Å²) >= 11 is 0. The van der Waals surface area contributed by atoms with Gasteiger partial charge in [-0.05, 0) is 42.6 Å². The van der Waals surface area contributed by atoms with E-state index in [0.29, 0.717) is 36.9 Å². The van der Waals surface area contributed by atoms with Gasteiger partial charge >= 0.3 is 5.97 Å². The lowest BCUT2D eigenvalue weighted by atomic mass is 10.0. The Balaban J connectivity index is 2.22. The fourth-order valence-corrected chi connectivity index (χ4v) is 4.00. The molecule has 0 aromatic heterocycles. The van der Waals surface area contributed by atoms with Gasteiger partial charge in [-0.2, -0.15) is 0 Å². The van der Waals surface area contributed by atoms with E-state index in [0.717, 1.165) is 0 Å². The van der Waals surface area contributed by atoms with Gasteiger partial charge in [0, 0.05) is 12.8 Å². The molecule has 0 saturated carbocycles. The van der Waals surface area contributed by atoms with Gasteiger partial charge < -0.3 is 43.4 Å². The van der Waals surface area contributed by atoms with Crippen LogP contribution in [-0.4, -0.2) is 70.5 Å². The Kier molecular flexibility index (Phi) is 13.2. The first-order valence-electron chi connectivity index (χ1n) is 13.2. The van der Waals surface area contributed by atoms with Crippen LogP contribution in [0, 0.1) is 0 Å². The minimum atomic E-state index is -1.42. The van der Waals surface area contributed by atoms with Crippen molar-refractivity contribution in [1.82, 2.24) is 16.0 Å². The summed E-state index contributed by atoms with van der Waals surface area (Å²) in [5, 5.41) is 26.6. The topological polar surface area (TPSA) is 240 Å². The predicted octanol–water partition coefficient (Wildman–Crippen LogP) is -0.952. The number of benzene rings is 2. The van der Waals surface area contributed by atoms with Crippen LogP contribution in [0.5, 0.6) is 5.75 Å². The first kappa shape index (κ1) is 32.7. The largest absolute Gasteiger partial charge is 0.508 e. The Morgan fingerprint density at radius 1 is 0.732 bits per heavy atom. The third-order valence-corrected chi connectivity index (χ3v) is 6.25. The van der Waals surface area contributed by atoms with Crippen molar-refractivity contribution in [2.24, 2.45) is 17.2 Å². The molecule has 0 aliphatic heterocycles. The second-order valence-electron chi connectivity index (χ2n) is 9.64. The van der Waals surface area contributed by atoms with E-state index < -0.39 is 60.2 Å². The molecule has 0 spiro atoms. The number of carbonyl (C=O) groups excluding carboxylic acids is 4. The Labute approximate surface area is 237 Å². The first-order valence-corrected chi connectivity index (χ1v) is 13.2. The molecule has 41 heavy (non-hydrogen) atoms. The van der Waals surface area contributed by atoms with E-state index in [1.54, 1.807) is 30.3 Å². The Morgan fingerprint density at radius 2 is 1.27 bits per heavy atom. The second kappa shape index (κ2) is 16.6. The van der Waals surface area contributed by atoms with E-state index in [-0.39, 0.29) is 18.6 Å². The van der Waals surface area contributed by atoms with E-state index in [9.17, 15) is 34.2 Å². The molecule has 0 aliphatic carbocycles. The number of amides is 4. The van der Waals surface area contributed by atoms with Crippen molar-refractivity contribution in [3.8, 4) is 5.75 Å². The molecule has 0 bridgehead atoms. The average molecular weight is 571 g/mol. The number of primary amides is 1. The molecule has 0 radical (unpaired) electrons. The summed E-state index contributed by atoms with van der Waals surface area (Å²) in [5.74, 6) is -4.51. The molecule has 11 N–H and O–H groups in total. The number of nitrogens with one attached hydrogen (secondary N) is 3. The molecule has 2 aromatic rings. The number of phenols is 1. The molecular formula is C28H38N6O7. The molecule has 0 fully saturated rings. The normalized spacial score (nSPS) is 13.7. The van der Waals surface area contributed by atoms with Gasteiger partial charge in [0.05, 0.1) is 12.5 Å². The predicted molar refractivity (Wildman–Crippen MR) is 150 cm³/mol. The highest BCUT2D eigenvalue weighted by molar-refractivity contribution is 5.96. The SMILES string of the molecule is NCCCCC(N)C(=O)NC(CC(N)=O)C(=O)NC(Cc1ccccc1)C(=O)NC(Cc1ccc(O)cc1)C(=O)O. The zero-order chi connectivity index (χ0) is 30.4. The molecule has 13 nitrogen and oxygen atoms in total. The van der Waals surface area contributed by atoms with Gasteiger partial charge in [0.25, 0.3) is 0 Å². The van der Waals surface area contributed by atoms with Gasteiger partial charge in [-0.15, -0.1) is 0 Å². The molecule has 0 heterocycles. The highest BCUT2D eigenvalue weighted by Crippen LogP contribution is 2.12. The van der Waals surface area contributed by atoms with Crippen LogP contribution in [0.15, 0.2) is 54.6 Å². The van der Waals surface area contributed by atoms with Crippen LogP contribution in [0.1, 0.15) is 36.8 Å². The number of aliphatic carboxylic acids is 1. The second-order valence-corrected chi connectivity index (χ2v) is 9.64. The van der Waals surface area contributed by atoms with Gasteiger partial charge in [0.2, 0.25) is 23.6 Å². The fraction of sp³-hybridized carbons (Fsp3) is 0.393. The van der Waals surface area contributed by atoms with Crippen LogP contribution >= 0.6 is 0 Å². The third kappa shape index (κ3) is 11.6. The number of hydrogen-bond donors (Lipinski definition) is 8. The minimum Gasteiger partial charge on any atom is -0.508 e. The van der Waals surface area contributed by atoms with Crippen LogP contribution in [0.25, 0.3) is 0 Å². The zero-order valence-corrected chi connectivity index (χ0v) is 22.6. The summed E-state index contributed by atoms with van der Waals surface area (Å²) in [6, 6.07) is 9.54. The van der Waals surface area contributed by atoms with Crippen LogP contribution in [-0.2, 0) is 36.8 Å². The van der Waals surface area contributed by atoms with Crippen molar-refractivity contribution in [2.45, 2.75) is 62.7 Å². The number of carboxylic acid groups (broad SMARTS) is 1. The van der Waals surface area contributed by atoms with Crippen molar-refractivity contribution in [3.05, 3.63) is 65.7 Å². The summed E-state index contributed by atoms with van der Waals surface area (Å²) in [5.41, 5.74) is 17.9. The molecule has 4 atom stereocenters. The quantitative estimate of drug-likeness (QED) is 0.109. The average Bonchev–Trinajstić information content (AvgIpc) is 2.93. The molecule has 222 valence electrons. The number of nitrogens with two attached hydrogens (primary N) is 3. The van der Waals surface area contributed by atoms with Crippen molar-refractivity contribution in [3.63, 3.8) is 0 Å². The monoisotopic (exact) mass is 570 g/mol. The fourth-order valence-electron chi connectivity index (χ4n) is 4.00. The van der Waals surface area contributed by atoms with Crippen molar-refractivity contribution in [1.29, 1.82) is 0 Å². The molecule has 4 unspecified atom stereocenters. The van der Waals surface area contributed by atoms with E-state index in [1.807, 2.05) is 0 Å². The van der Waals surface area contributed by atoms with Gasteiger partial charge in [-0.3, -0.25) is 19.2 Å². The van der Waals surface area contributed by atoms with E-state index in [4.69, 9.17) is 17.2 Å². The number of carbonyl (C=O) groups is 5. The third-order valence-electron chi connectivity index (χ3n) is 6.25. The van der Waals surface area contributed by atoms with Crippen LogP contribution in [0.3, 0.4) is 0 Å². The summed E-state index contributed by atoms with van der Waals surface area (Å²) < 4.78 is 0. The van der Waals surface area contributed by atoms with Gasteiger partial charge in [-0.1, -0.05) is 48.9 Å². The summed E-state index contributed by atoms with van der Waals surface area (Å²) in [7, 11) is 0. The standard InChI is InChI=1S/C28H38N6O7/c29-13-5-4-8-20(30)25(37)32-22(16-24(31)36)27(39)33-21(14-17-6-2-1-3-7-17)26(38)34-23(28(40)41)15-18-9-11-19(35)12-10-18/h1-3,6-7,9-12,20-23,35H,4-5,8,13-16,29-30H2,(H2,31,36)(H,32,37)(H,33,39)(H,34,38)(H,40,41). The van der Waals surface area contributed by atoms with Crippen molar-refractivity contribution < 1.29 is 34.2 Å². The molecule has 2 rings (SSSR count). The lowest BCUT2D eigenvalue weighted by Gasteiger charge is -2.25. The number of aromatic hydroxyl groups is 1. The Morgan fingerprint density at radius 3 is 1.85 bits per heavy atom. The minimum absolute atomic E-state index is 0.00409. The lowest BCUT2D eigenvalue weighted by molar-refractivity contribution is -0.142. The van der Waals surface area contributed by atoms with Gasteiger partial charge in [0.15, 0.2) is 0 Å². The number of hydrogen-bond acceptors (Lipinski definition) is 8. The maximum Gasteiger partial charge on any atom is 0.326 e. The zero-order valence-electron chi connectivity index (χ0n) is 22.6. The number of rotatable bonds is 17. The lowest BCUT2D eigenvalue weighted by Crippen LogP contribution is -2.58. The van der Waals surface area contributed by atoms with Crippen LogP contribution in [0.4, 0.5) is 0 Å². The molecule has 0 aliphatic rings. The number of carboxylic acids is 1. The van der Waals surface area contributed by atoms with E-state index in [2.05, 4.69) is 16.0 Å². The van der Waals surface area contributed by atoms with Crippen LogP contribution in [0.2, 0.25) is 0 Å². The van der Waals surface area contributed by atoms with Crippen LogP contribution < -0.4 is 33.2 Å². The molecule has 4 amide bonds. The maximum atomic E-state index is 13.3. The molecular weight excluding hydrogens is 532 g/mol. The Hall–Kier alpha value is -4.49. The summed E-state index contributed by atoms with van der Waals surface area (Å²) in [6.07, 6.45) is 0.907. The van der Waals surface area contributed by atoms with Crippen molar-refractivity contribution in [2.75, 3.05) is 6.54 Å². The molecule has 0 saturated heterocycles. The molecule has 2 aromatic carbocycles. The first-order chi connectivity index (χ1) is 19.5. The smallest absolute Gasteiger partial charge is 0.326 e.